The van der Waals surface area contributed by atoms with Crippen LogP contribution < -0.4 is 0 Å². The van der Waals surface area contributed by atoms with E-state index in [1.165, 1.54) is 19.3 Å². The third kappa shape index (κ3) is 2.60. The fourth-order valence-corrected chi connectivity index (χ4v) is 3.97. The molecule has 2 aliphatic rings. The summed E-state index contributed by atoms with van der Waals surface area (Å²) < 4.78 is 12.2. The molecule has 18 heavy (non-hydrogen) atoms. The van der Waals surface area contributed by atoms with Crippen molar-refractivity contribution < 1.29 is 9.47 Å². The van der Waals surface area contributed by atoms with Crippen molar-refractivity contribution in [3.05, 3.63) is 0 Å². The quantitative estimate of drug-likeness (QED) is 0.734. The molecule has 0 bridgehead atoms. The van der Waals surface area contributed by atoms with Crippen molar-refractivity contribution in [1.82, 2.24) is 0 Å². The van der Waals surface area contributed by atoms with Gasteiger partial charge in [-0.2, -0.15) is 0 Å². The highest BCUT2D eigenvalue weighted by Gasteiger charge is 2.49. The molecule has 0 amide bonds. The first kappa shape index (κ1) is 14.3. The zero-order valence-electron chi connectivity index (χ0n) is 12.8. The van der Waals surface area contributed by atoms with Gasteiger partial charge < -0.3 is 9.47 Å². The summed E-state index contributed by atoms with van der Waals surface area (Å²) in [5, 5.41) is 0. The summed E-state index contributed by atoms with van der Waals surface area (Å²) in [7, 11) is 0. The Bertz CT molecular complexity index is 277. The molecule has 1 heterocycles. The lowest BCUT2D eigenvalue weighted by molar-refractivity contribution is -0.312. The van der Waals surface area contributed by atoms with Gasteiger partial charge in [-0.15, -0.1) is 0 Å². The lowest BCUT2D eigenvalue weighted by Crippen LogP contribution is -2.54. The van der Waals surface area contributed by atoms with Crippen molar-refractivity contribution >= 4 is 0 Å². The average molecular weight is 254 g/mol. The highest BCUT2D eigenvalue weighted by Crippen LogP contribution is 2.50. The second-order valence-corrected chi connectivity index (χ2v) is 7.16. The van der Waals surface area contributed by atoms with E-state index in [0.29, 0.717) is 0 Å². The maximum atomic E-state index is 6.11. The minimum absolute atomic E-state index is 0.278. The molecule has 1 aliphatic carbocycles. The summed E-state index contributed by atoms with van der Waals surface area (Å²) >= 11 is 0. The Hall–Kier alpha value is -0.0800. The molecule has 0 aromatic rings. The van der Waals surface area contributed by atoms with Crippen LogP contribution in [0.25, 0.3) is 0 Å². The van der Waals surface area contributed by atoms with E-state index in [4.69, 9.17) is 9.47 Å². The number of ether oxygens (including phenoxy) is 2. The molecule has 1 spiro atoms. The second kappa shape index (κ2) is 5.13. The van der Waals surface area contributed by atoms with Crippen molar-refractivity contribution in [1.29, 1.82) is 0 Å². The van der Waals surface area contributed by atoms with Crippen LogP contribution in [0.4, 0.5) is 0 Å². The first-order chi connectivity index (χ1) is 8.41. The molecule has 2 rings (SSSR count). The predicted molar refractivity (Wildman–Crippen MR) is 74.4 cm³/mol. The summed E-state index contributed by atoms with van der Waals surface area (Å²) in [5.41, 5.74) is 0.278. The third-order valence-electron chi connectivity index (χ3n) is 5.29. The summed E-state index contributed by atoms with van der Waals surface area (Å²) in [5.74, 6) is 1.97. The van der Waals surface area contributed by atoms with Crippen LogP contribution in [0.2, 0.25) is 0 Å². The van der Waals surface area contributed by atoms with Crippen LogP contribution >= 0.6 is 0 Å². The van der Waals surface area contributed by atoms with Gasteiger partial charge in [-0.3, -0.25) is 0 Å². The van der Waals surface area contributed by atoms with E-state index in [1.807, 2.05) is 0 Å². The minimum Gasteiger partial charge on any atom is -0.350 e. The van der Waals surface area contributed by atoms with Gasteiger partial charge in [0.2, 0.25) is 0 Å². The van der Waals surface area contributed by atoms with E-state index < -0.39 is 0 Å². The van der Waals surface area contributed by atoms with Gasteiger partial charge >= 0.3 is 0 Å². The van der Waals surface area contributed by atoms with Gasteiger partial charge in [0.15, 0.2) is 5.79 Å². The molecule has 2 heteroatoms. The zero-order valence-corrected chi connectivity index (χ0v) is 12.8. The monoisotopic (exact) mass is 254 g/mol. The van der Waals surface area contributed by atoms with Crippen molar-refractivity contribution in [3.8, 4) is 0 Å². The molecule has 106 valence electrons. The topological polar surface area (TPSA) is 18.5 Å². The van der Waals surface area contributed by atoms with Crippen LogP contribution in [-0.4, -0.2) is 19.0 Å². The third-order valence-corrected chi connectivity index (χ3v) is 5.29. The maximum Gasteiger partial charge on any atom is 0.165 e. The van der Waals surface area contributed by atoms with Gasteiger partial charge in [0.25, 0.3) is 0 Å². The van der Waals surface area contributed by atoms with Gasteiger partial charge in [0, 0.05) is 5.41 Å². The van der Waals surface area contributed by atoms with E-state index in [2.05, 4.69) is 34.6 Å². The normalized spacial score (nSPS) is 45.7. The average Bonchev–Trinajstić information content (AvgIpc) is 2.33. The molecule has 2 atom stereocenters. The highest BCUT2D eigenvalue weighted by molar-refractivity contribution is 4.95. The van der Waals surface area contributed by atoms with Crippen molar-refractivity contribution in [2.45, 2.75) is 66.1 Å². The van der Waals surface area contributed by atoms with E-state index in [-0.39, 0.29) is 11.2 Å². The molecule has 0 aromatic heterocycles. The van der Waals surface area contributed by atoms with Crippen LogP contribution in [0.15, 0.2) is 0 Å². The summed E-state index contributed by atoms with van der Waals surface area (Å²) in [6, 6.07) is 0. The van der Waals surface area contributed by atoms with Gasteiger partial charge in [0.1, 0.15) is 0 Å². The van der Waals surface area contributed by atoms with Crippen LogP contribution in [0.1, 0.15) is 60.3 Å². The molecule has 1 aliphatic heterocycles. The highest BCUT2D eigenvalue weighted by atomic mass is 16.7. The molecule has 0 aromatic carbocycles. The first-order valence-electron chi connectivity index (χ1n) is 7.69. The predicted octanol–water partition coefficient (Wildman–Crippen LogP) is 4.24. The number of rotatable bonds is 2. The Labute approximate surface area is 112 Å². The molecule has 0 unspecified atom stereocenters. The van der Waals surface area contributed by atoms with Crippen molar-refractivity contribution in [3.63, 3.8) is 0 Å². The molecule has 2 fully saturated rings. The van der Waals surface area contributed by atoms with E-state index in [1.54, 1.807) is 0 Å². The largest absolute Gasteiger partial charge is 0.350 e. The Morgan fingerprint density at radius 3 is 2.28 bits per heavy atom. The summed E-state index contributed by atoms with van der Waals surface area (Å²) in [4.78, 5) is 0. The first-order valence-corrected chi connectivity index (χ1v) is 7.69. The standard InChI is InChI=1S/C16H30O2/c1-6-15(5)17-10-16(11-18-15)9-13(4)7-8-14(16)12(2)3/h12-14H,6-11H2,1-5H3/t13-,14+,15?,16?/m1/s1. The van der Waals surface area contributed by atoms with Crippen LogP contribution in [0.3, 0.4) is 0 Å². The molecule has 1 saturated carbocycles. The Morgan fingerprint density at radius 1 is 1.17 bits per heavy atom. The van der Waals surface area contributed by atoms with Crippen LogP contribution in [0.5, 0.6) is 0 Å². The fourth-order valence-electron chi connectivity index (χ4n) is 3.97. The molecular weight excluding hydrogens is 224 g/mol. The lowest BCUT2D eigenvalue weighted by Gasteiger charge is -2.53. The second-order valence-electron chi connectivity index (χ2n) is 7.16. The van der Waals surface area contributed by atoms with Gasteiger partial charge in [0.05, 0.1) is 13.2 Å². The van der Waals surface area contributed by atoms with Gasteiger partial charge in [-0.25, -0.2) is 0 Å². The zero-order chi connectivity index (χ0) is 13.4. The molecule has 0 N–H and O–H groups in total. The van der Waals surface area contributed by atoms with E-state index in [9.17, 15) is 0 Å². The summed E-state index contributed by atoms with van der Waals surface area (Å²) in [6.45, 7) is 13.1. The van der Waals surface area contributed by atoms with Gasteiger partial charge in [-0.05, 0) is 43.9 Å². The molecule has 0 radical (unpaired) electrons. The lowest BCUT2D eigenvalue weighted by atomic mass is 9.60. The van der Waals surface area contributed by atoms with Crippen LogP contribution in [-0.2, 0) is 9.47 Å². The van der Waals surface area contributed by atoms with Crippen LogP contribution in [0, 0.1) is 23.2 Å². The summed E-state index contributed by atoms with van der Waals surface area (Å²) in [6.07, 6.45) is 4.92. The molecule has 2 nitrogen and oxygen atoms in total. The Morgan fingerprint density at radius 2 is 1.78 bits per heavy atom. The maximum absolute atomic E-state index is 6.11. The number of hydrogen-bond acceptors (Lipinski definition) is 2. The molecule has 1 saturated heterocycles. The smallest absolute Gasteiger partial charge is 0.165 e. The van der Waals surface area contributed by atoms with E-state index >= 15 is 0 Å². The Balaban J connectivity index is 2.12. The van der Waals surface area contributed by atoms with Gasteiger partial charge in [-0.1, -0.05) is 34.1 Å². The Kier molecular flexibility index (Phi) is 4.08. The van der Waals surface area contributed by atoms with E-state index in [0.717, 1.165) is 37.4 Å². The van der Waals surface area contributed by atoms with Crippen molar-refractivity contribution in [2.24, 2.45) is 23.2 Å². The SMILES string of the molecule is CCC1(C)OCC2(CO1)C[C@H](C)CC[C@H]2C(C)C. The van der Waals surface area contributed by atoms with Crippen molar-refractivity contribution in [2.75, 3.05) is 13.2 Å². The molecular formula is C16H30O2. The fraction of sp³-hybridized carbons (Fsp3) is 1.00. The minimum atomic E-state index is -0.340. The number of hydrogen-bond donors (Lipinski definition) is 0.